The minimum absolute atomic E-state index is 0.646. The molecule has 1 aromatic rings. The average Bonchev–Trinajstić information content (AvgIpc) is 2.94. The van der Waals surface area contributed by atoms with Gasteiger partial charge in [0.25, 0.3) is 0 Å². The molecule has 2 aliphatic rings. The Hall–Kier alpha value is -1.67. The Morgan fingerprint density at radius 2 is 2.11 bits per heavy atom. The molecule has 0 aliphatic carbocycles. The lowest BCUT2D eigenvalue weighted by molar-refractivity contribution is 0.0203. The van der Waals surface area contributed by atoms with Crippen LogP contribution in [0, 0.1) is 5.92 Å². The van der Waals surface area contributed by atoms with E-state index in [1.54, 1.807) is 7.05 Å². The van der Waals surface area contributed by atoms with E-state index in [0.717, 1.165) is 82.8 Å². The van der Waals surface area contributed by atoms with Crippen LogP contribution < -0.4 is 10.6 Å². The van der Waals surface area contributed by atoms with Gasteiger partial charge >= 0.3 is 0 Å². The molecule has 3 rings (SSSR count). The Morgan fingerprint density at radius 1 is 1.22 bits per heavy atom. The van der Waals surface area contributed by atoms with Gasteiger partial charge in [0.05, 0.1) is 6.54 Å². The number of nitrogens with one attached hydrogen (secondary N) is 2. The van der Waals surface area contributed by atoms with Crippen molar-refractivity contribution in [2.45, 2.75) is 58.0 Å². The largest absolute Gasteiger partial charge is 0.381 e. The number of ether oxygens (including phenoxy) is 2. The van der Waals surface area contributed by atoms with E-state index in [9.17, 15) is 0 Å². The van der Waals surface area contributed by atoms with Crippen LogP contribution in [0.15, 0.2) is 4.99 Å². The standard InChI is InChI=1S/C19H34N6O2/c1-20-19(21-9-5-11-27-15-16-7-12-26-13-8-16)22-14-18-24-23-17-6-3-2-4-10-25(17)18/h16H,2-15H2,1H3,(H2,20,21,22). The summed E-state index contributed by atoms with van der Waals surface area (Å²) in [6.45, 7) is 5.90. The van der Waals surface area contributed by atoms with Crippen molar-refractivity contribution in [1.82, 2.24) is 25.4 Å². The van der Waals surface area contributed by atoms with Crippen LogP contribution in [0.25, 0.3) is 0 Å². The molecule has 1 fully saturated rings. The molecule has 0 atom stereocenters. The molecular formula is C19H34N6O2. The van der Waals surface area contributed by atoms with E-state index >= 15 is 0 Å². The SMILES string of the molecule is CN=C(NCCCOCC1CCOCC1)NCc1nnc2n1CCCCC2. The van der Waals surface area contributed by atoms with Gasteiger partial charge in [-0.15, -0.1) is 10.2 Å². The Morgan fingerprint density at radius 3 is 2.96 bits per heavy atom. The molecule has 3 heterocycles. The van der Waals surface area contributed by atoms with Crippen LogP contribution in [0.4, 0.5) is 0 Å². The van der Waals surface area contributed by atoms with E-state index in [1.165, 1.54) is 19.3 Å². The summed E-state index contributed by atoms with van der Waals surface area (Å²) in [5, 5.41) is 15.4. The smallest absolute Gasteiger partial charge is 0.191 e. The zero-order chi connectivity index (χ0) is 18.7. The van der Waals surface area contributed by atoms with Crippen LogP contribution in [-0.4, -0.2) is 60.7 Å². The summed E-state index contributed by atoms with van der Waals surface area (Å²) in [7, 11) is 1.79. The normalized spacial score (nSPS) is 18.8. The molecule has 0 spiro atoms. The molecular weight excluding hydrogens is 344 g/mol. The lowest BCUT2D eigenvalue weighted by Crippen LogP contribution is -2.38. The number of hydrogen-bond acceptors (Lipinski definition) is 5. The summed E-state index contributed by atoms with van der Waals surface area (Å²) in [6.07, 6.45) is 7.95. The van der Waals surface area contributed by atoms with E-state index in [2.05, 4.69) is 30.4 Å². The molecule has 2 N–H and O–H groups in total. The fourth-order valence-electron chi connectivity index (χ4n) is 3.60. The number of hydrogen-bond donors (Lipinski definition) is 2. The summed E-state index contributed by atoms with van der Waals surface area (Å²) >= 11 is 0. The van der Waals surface area contributed by atoms with Crippen molar-refractivity contribution >= 4 is 5.96 Å². The van der Waals surface area contributed by atoms with Crippen LogP contribution in [0.1, 0.15) is 50.2 Å². The second-order valence-electron chi connectivity index (χ2n) is 7.33. The molecule has 0 amide bonds. The second kappa shape index (κ2) is 11.2. The third kappa shape index (κ3) is 6.46. The van der Waals surface area contributed by atoms with Gasteiger partial charge in [-0.3, -0.25) is 4.99 Å². The molecule has 0 radical (unpaired) electrons. The minimum Gasteiger partial charge on any atom is -0.381 e. The van der Waals surface area contributed by atoms with Crippen molar-refractivity contribution in [1.29, 1.82) is 0 Å². The number of fused-ring (bicyclic) bond motifs is 1. The first-order valence-electron chi connectivity index (χ1n) is 10.4. The van der Waals surface area contributed by atoms with Crippen molar-refractivity contribution in [2.75, 3.05) is 40.0 Å². The summed E-state index contributed by atoms with van der Waals surface area (Å²) in [6, 6.07) is 0. The zero-order valence-corrected chi connectivity index (χ0v) is 16.6. The highest BCUT2D eigenvalue weighted by atomic mass is 16.5. The third-order valence-corrected chi connectivity index (χ3v) is 5.28. The third-order valence-electron chi connectivity index (χ3n) is 5.28. The highest BCUT2D eigenvalue weighted by Gasteiger charge is 2.15. The summed E-state index contributed by atoms with van der Waals surface area (Å²) in [5.41, 5.74) is 0. The molecule has 0 unspecified atom stereocenters. The van der Waals surface area contributed by atoms with Gasteiger partial charge in [0.1, 0.15) is 5.82 Å². The first-order chi connectivity index (χ1) is 13.4. The molecule has 8 nitrogen and oxygen atoms in total. The first kappa shape index (κ1) is 20.1. The topological polar surface area (TPSA) is 85.6 Å². The van der Waals surface area contributed by atoms with Crippen molar-refractivity contribution < 1.29 is 9.47 Å². The second-order valence-corrected chi connectivity index (χ2v) is 7.33. The van der Waals surface area contributed by atoms with Gasteiger partial charge in [-0.2, -0.15) is 0 Å². The summed E-state index contributed by atoms with van der Waals surface area (Å²) < 4.78 is 13.4. The Labute approximate surface area is 162 Å². The lowest BCUT2D eigenvalue weighted by Gasteiger charge is -2.21. The number of rotatable bonds is 8. The van der Waals surface area contributed by atoms with Crippen molar-refractivity contribution in [3.63, 3.8) is 0 Å². The highest BCUT2D eigenvalue weighted by Crippen LogP contribution is 2.15. The monoisotopic (exact) mass is 378 g/mol. The van der Waals surface area contributed by atoms with Crippen LogP contribution in [0.2, 0.25) is 0 Å². The van der Waals surface area contributed by atoms with Gasteiger partial charge in [0, 0.05) is 53.0 Å². The number of aryl methyl sites for hydroxylation is 1. The Bertz CT molecular complexity index is 583. The quantitative estimate of drug-likeness (QED) is 0.405. The molecule has 0 aromatic carbocycles. The molecule has 27 heavy (non-hydrogen) atoms. The molecule has 2 aliphatic heterocycles. The fraction of sp³-hybridized carbons (Fsp3) is 0.842. The molecule has 8 heteroatoms. The lowest BCUT2D eigenvalue weighted by atomic mass is 10.0. The van der Waals surface area contributed by atoms with Crippen molar-refractivity contribution in [2.24, 2.45) is 10.9 Å². The molecule has 1 aromatic heterocycles. The predicted octanol–water partition coefficient (Wildman–Crippen LogP) is 1.50. The number of aromatic nitrogens is 3. The zero-order valence-electron chi connectivity index (χ0n) is 16.6. The maximum absolute atomic E-state index is 5.80. The molecule has 0 bridgehead atoms. The molecule has 1 saturated heterocycles. The van der Waals surface area contributed by atoms with E-state index in [4.69, 9.17) is 9.47 Å². The highest BCUT2D eigenvalue weighted by molar-refractivity contribution is 5.79. The van der Waals surface area contributed by atoms with Crippen LogP contribution >= 0.6 is 0 Å². The summed E-state index contributed by atoms with van der Waals surface area (Å²) in [5.74, 6) is 3.58. The van der Waals surface area contributed by atoms with Crippen molar-refractivity contribution in [3.8, 4) is 0 Å². The number of aliphatic imine (C=N–C) groups is 1. The van der Waals surface area contributed by atoms with Gasteiger partial charge in [0.2, 0.25) is 0 Å². The van der Waals surface area contributed by atoms with Crippen molar-refractivity contribution in [3.05, 3.63) is 11.6 Å². The van der Waals surface area contributed by atoms with Crippen LogP contribution in [-0.2, 0) is 29.0 Å². The molecule has 152 valence electrons. The van der Waals surface area contributed by atoms with Gasteiger partial charge in [0.15, 0.2) is 11.8 Å². The number of guanidine groups is 1. The molecule has 0 saturated carbocycles. The van der Waals surface area contributed by atoms with E-state index in [1.807, 2.05) is 0 Å². The fourth-order valence-corrected chi connectivity index (χ4v) is 3.60. The average molecular weight is 379 g/mol. The maximum atomic E-state index is 5.80. The van der Waals surface area contributed by atoms with E-state index in [0.29, 0.717) is 12.5 Å². The van der Waals surface area contributed by atoms with Crippen LogP contribution in [0.5, 0.6) is 0 Å². The van der Waals surface area contributed by atoms with Gasteiger partial charge in [-0.25, -0.2) is 0 Å². The Kier molecular flexibility index (Phi) is 8.35. The predicted molar refractivity (Wildman–Crippen MR) is 105 cm³/mol. The maximum Gasteiger partial charge on any atom is 0.191 e. The van der Waals surface area contributed by atoms with E-state index in [-0.39, 0.29) is 0 Å². The minimum atomic E-state index is 0.646. The summed E-state index contributed by atoms with van der Waals surface area (Å²) in [4.78, 5) is 4.29. The Balaban J connectivity index is 1.30. The van der Waals surface area contributed by atoms with Gasteiger partial charge < -0.3 is 24.7 Å². The van der Waals surface area contributed by atoms with E-state index < -0.39 is 0 Å². The van der Waals surface area contributed by atoms with Crippen LogP contribution in [0.3, 0.4) is 0 Å². The van der Waals surface area contributed by atoms with Gasteiger partial charge in [-0.05, 0) is 38.0 Å². The number of nitrogens with zero attached hydrogens (tertiary/aromatic N) is 4. The first-order valence-corrected chi connectivity index (χ1v) is 10.4. The van der Waals surface area contributed by atoms with Gasteiger partial charge in [-0.1, -0.05) is 6.42 Å².